The highest BCUT2D eigenvalue weighted by molar-refractivity contribution is 9.11. The van der Waals surface area contributed by atoms with E-state index in [-0.39, 0.29) is 5.54 Å². The molecule has 1 fully saturated rings. The molecule has 0 unspecified atom stereocenters. The Kier molecular flexibility index (Phi) is 3.72. The third-order valence-electron chi connectivity index (χ3n) is 3.19. The van der Waals surface area contributed by atoms with Crippen LogP contribution in [-0.4, -0.2) is 10.5 Å². The Balaban J connectivity index is 1.98. The van der Waals surface area contributed by atoms with Crippen LogP contribution in [0.4, 0.5) is 0 Å². The van der Waals surface area contributed by atoms with E-state index in [2.05, 4.69) is 56.0 Å². The Morgan fingerprint density at radius 3 is 2.69 bits per heavy atom. The molecule has 1 aliphatic rings. The van der Waals surface area contributed by atoms with E-state index >= 15 is 0 Å². The third kappa shape index (κ3) is 3.05. The first-order chi connectivity index (χ1) is 7.49. The summed E-state index contributed by atoms with van der Waals surface area (Å²) in [7, 11) is 0. The van der Waals surface area contributed by atoms with Crippen LogP contribution < -0.4 is 5.32 Å². The van der Waals surface area contributed by atoms with E-state index < -0.39 is 0 Å². The molecule has 1 N–H and O–H groups in total. The summed E-state index contributed by atoms with van der Waals surface area (Å²) in [6.45, 7) is 5.37. The van der Waals surface area contributed by atoms with Crippen LogP contribution >= 0.6 is 31.9 Å². The zero-order valence-corrected chi connectivity index (χ0v) is 12.7. The molecule has 0 aliphatic heterocycles. The molecule has 0 spiro atoms. The topological polar surface area (TPSA) is 24.9 Å². The molecule has 0 amide bonds. The fourth-order valence-electron chi connectivity index (χ4n) is 1.83. The molecule has 0 radical (unpaired) electrons. The summed E-state index contributed by atoms with van der Waals surface area (Å²) in [5.74, 6) is 0.835. The molecule has 2 nitrogen and oxygen atoms in total. The van der Waals surface area contributed by atoms with E-state index in [9.17, 15) is 0 Å². The van der Waals surface area contributed by atoms with E-state index in [1.165, 1.54) is 12.8 Å². The fraction of sp³-hybridized carbons (Fsp3) is 0.583. The molecule has 1 aromatic rings. The molecular weight excluding hydrogens is 332 g/mol. The maximum atomic E-state index is 4.40. The number of hydrogen-bond acceptors (Lipinski definition) is 2. The van der Waals surface area contributed by atoms with Crippen LogP contribution in [0.2, 0.25) is 0 Å². The number of pyridine rings is 1. The van der Waals surface area contributed by atoms with E-state index in [4.69, 9.17) is 0 Å². The summed E-state index contributed by atoms with van der Waals surface area (Å²) in [6.07, 6.45) is 4.55. The Bertz CT molecular complexity index is 387. The van der Waals surface area contributed by atoms with Crippen LogP contribution in [0.3, 0.4) is 0 Å². The summed E-state index contributed by atoms with van der Waals surface area (Å²) < 4.78 is 2.06. The number of rotatable bonds is 4. The van der Waals surface area contributed by atoms with E-state index in [1.807, 2.05) is 12.3 Å². The summed E-state index contributed by atoms with van der Waals surface area (Å²) in [6, 6.07) is 2.04. The van der Waals surface area contributed by atoms with Crippen LogP contribution in [0, 0.1) is 5.92 Å². The van der Waals surface area contributed by atoms with Gasteiger partial charge < -0.3 is 5.32 Å². The van der Waals surface area contributed by atoms with E-state index in [1.54, 1.807) is 0 Å². The lowest BCUT2D eigenvalue weighted by Crippen LogP contribution is -2.41. The molecule has 2 rings (SSSR count). The highest BCUT2D eigenvalue weighted by atomic mass is 79.9. The van der Waals surface area contributed by atoms with Crippen molar-refractivity contribution in [1.29, 1.82) is 0 Å². The van der Waals surface area contributed by atoms with E-state index in [0.29, 0.717) is 0 Å². The lowest BCUT2D eigenvalue weighted by Gasteiger charge is -2.26. The molecule has 88 valence electrons. The van der Waals surface area contributed by atoms with Crippen molar-refractivity contribution in [3.63, 3.8) is 0 Å². The fourth-order valence-corrected chi connectivity index (χ4v) is 2.96. The average molecular weight is 348 g/mol. The van der Waals surface area contributed by atoms with Crippen molar-refractivity contribution >= 4 is 31.9 Å². The average Bonchev–Trinajstić information content (AvgIpc) is 2.99. The molecule has 1 aromatic heterocycles. The quantitative estimate of drug-likeness (QED) is 0.893. The minimum atomic E-state index is 0.230. The summed E-state index contributed by atoms with van der Waals surface area (Å²) >= 11 is 6.94. The number of hydrogen-bond donors (Lipinski definition) is 1. The molecule has 0 aromatic carbocycles. The summed E-state index contributed by atoms with van der Waals surface area (Å²) in [5, 5.41) is 3.59. The Morgan fingerprint density at radius 1 is 1.44 bits per heavy atom. The number of nitrogens with one attached hydrogen (secondary N) is 1. The first kappa shape index (κ1) is 12.5. The molecule has 1 heterocycles. The second kappa shape index (κ2) is 4.75. The van der Waals surface area contributed by atoms with Crippen LogP contribution in [0.25, 0.3) is 0 Å². The van der Waals surface area contributed by atoms with Gasteiger partial charge in [0.1, 0.15) is 0 Å². The minimum Gasteiger partial charge on any atom is -0.306 e. The standard InChI is InChI=1S/C12H16Br2N2/c1-12(2,8-3-4-8)16-7-11-10(14)5-9(13)6-15-11/h5-6,8,16H,3-4,7H2,1-2H3. The van der Waals surface area contributed by atoms with Gasteiger partial charge in [0.25, 0.3) is 0 Å². The van der Waals surface area contributed by atoms with Crippen molar-refractivity contribution < 1.29 is 0 Å². The number of aromatic nitrogens is 1. The maximum Gasteiger partial charge on any atom is 0.0684 e. The van der Waals surface area contributed by atoms with Gasteiger partial charge >= 0.3 is 0 Å². The van der Waals surface area contributed by atoms with Gasteiger partial charge in [-0.05, 0) is 70.5 Å². The van der Waals surface area contributed by atoms with Gasteiger partial charge in [0.05, 0.1) is 5.69 Å². The van der Waals surface area contributed by atoms with Gasteiger partial charge in [0, 0.05) is 27.2 Å². The minimum absolute atomic E-state index is 0.230. The molecule has 0 bridgehead atoms. The lowest BCUT2D eigenvalue weighted by atomic mass is 9.99. The second-order valence-corrected chi connectivity index (χ2v) is 6.70. The van der Waals surface area contributed by atoms with Crippen molar-refractivity contribution in [1.82, 2.24) is 10.3 Å². The summed E-state index contributed by atoms with van der Waals surface area (Å²) in [4.78, 5) is 4.40. The van der Waals surface area contributed by atoms with Gasteiger partial charge in [0.2, 0.25) is 0 Å². The third-order valence-corrected chi connectivity index (χ3v) is 4.31. The van der Waals surface area contributed by atoms with Crippen molar-refractivity contribution in [3.05, 3.63) is 26.9 Å². The highest BCUT2D eigenvalue weighted by Gasteiger charge is 2.37. The van der Waals surface area contributed by atoms with Crippen molar-refractivity contribution in [2.75, 3.05) is 0 Å². The van der Waals surface area contributed by atoms with Gasteiger partial charge in [-0.15, -0.1) is 0 Å². The van der Waals surface area contributed by atoms with Crippen LogP contribution in [0.5, 0.6) is 0 Å². The highest BCUT2D eigenvalue weighted by Crippen LogP contribution is 2.39. The van der Waals surface area contributed by atoms with Gasteiger partial charge in [-0.25, -0.2) is 0 Å². The zero-order chi connectivity index (χ0) is 11.8. The first-order valence-electron chi connectivity index (χ1n) is 5.54. The molecule has 0 saturated heterocycles. The predicted octanol–water partition coefficient (Wildman–Crippen LogP) is 3.88. The smallest absolute Gasteiger partial charge is 0.0684 e. The Labute approximate surface area is 113 Å². The van der Waals surface area contributed by atoms with Crippen molar-refractivity contribution in [2.24, 2.45) is 5.92 Å². The maximum absolute atomic E-state index is 4.40. The van der Waals surface area contributed by atoms with Crippen molar-refractivity contribution in [3.8, 4) is 0 Å². The van der Waals surface area contributed by atoms with Crippen LogP contribution in [0.15, 0.2) is 21.2 Å². The number of halogens is 2. The van der Waals surface area contributed by atoms with Gasteiger partial charge in [0.15, 0.2) is 0 Å². The number of nitrogens with zero attached hydrogens (tertiary/aromatic N) is 1. The van der Waals surface area contributed by atoms with Crippen LogP contribution in [-0.2, 0) is 6.54 Å². The molecule has 16 heavy (non-hydrogen) atoms. The molecule has 0 atom stereocenters. The summed E-state index contributed by atoms with van der Waals surface area (Å²) in [5.41, 5.74) is 1.30. The normalized spacial score (nSPS) is 16.5. The monoisotopic (exact) mass is 346 g/mol. The van der Waals surface area contributed by atoms with Gasteiger partial charge in [-0.1, -0.05) is 0 Å². The molecule has 1 saturated carbocycles. The zero-order valence-electron chi connectivity index (χ0n) is 9.56. The molecule has 4 heteroatoms. The second-order valence-electron chi connectivity index (χ2n) is 4.93. The largest absolute Gasteiger partial charge is 0.306 e. The van der Waals surface area contributed by atoms with Crippen molar-refractivity contribution in [2.45, 2.75) is 38.8 Å². The van der Waals surface area contributed by atoms with Gasteiger partial charge in [-0.2, -0.15) is 0 Å². The molecular formula is C12H16Br2N2. The van der Waals surface area contributed by atoms with Gasteiger partial charge in [-0.3, -0.25) is 4.98 Å². The predicted molar refractivity (Wildman–Crippen MR) is 73.3 cm³/mol. The SMILES string of the molecule is CC(C)(NCc1ncc(Br)cc1Br)C1CC1. The lowest BCUT2D eigenvalue weighted by molar-refractivity contribution is 0.337. The van der Waals surface area contributed by atoms with E-state index in [0.717, 1.165) is 27.1 Å². The van der Waals surface area contributed by atoms with Crippen LogP contribution in [0.1, 0.15) is 32.4 Å². The Hall–Kier alpha value is 0.0700. The first-order valence-corrected chi connectivity index (χ1v) is 7.12. The Morgan fingerprint density at radius 2 is 2.12 bits per heavy atom. The molecule has 1 aliphatic carbocycles.